The molecule has 0 saturated carbocycles. The summed E-state index contributed by atoms with van der Waals surface area (Å²) < 4.78 is 5.16. The summed E-state index contributed by atoms with van der Waals surface area (Å²) in [6.07, 6.45) is 1.68. The molecular weight excluding hydrogens is 478 g/mol. The number of methoxy groups -OCH3 is 1. The Labute approximate surface area is 211 Å². The van der Waals surface area contributed by atoms with Crippen molar-refractivity contribution in [1.82, 2.24) is 25.5 Å². The number of H-pyrrole nitrogens is 1. The van der Waals surface area contributed by atoms with Gasteiger partial charge < -0.3 is 15.8 Å². The van der Waals surface area contributed by atoms with Crippen LogP contribution >= 0.6 is 11.6 Å². The number of aromatic amines is 1. The molecule has 10 heteroatoms. The Balaban J connectivity index is 1.47. The largest absolute Gasteiger partial charge is 0.497 e. The van der Waals surface area contributed by atoms with Gasteiger partial charge in [-0.25, -0.2) is 14.8 Å². The van der Waals surface area contributed by atoms with Gasteiger partial charge in [0.25, 0.3) is 0 Å². The number of anilines is 2. The highest BCUT2D eigenvalue weighted by atomic mass is 35.5. The van der Waals surface area contributed by atoms with Crippen LogP contribution in [0.4, 0.5) is 16.4 Å². The van der Waals surface area contributed by atoms with Crippen molar-refractivity contribution in [2.24, 2.45) is 0 Å². The third kappa shape index (κ3) is 4.77. The Kier molecular flexibility index (Phi) is 6.38. The summed E-state index contributed by atoms with van der Waals surface area (Å²) >= 11 is 6.49. The average molecular weight is 500 g/mol. The van der Waals surface area contributed by atoms with Crippen molar-refractivity contribution < 1.29 is 9.53 Å². The van der Waals surface area contributed by atoms with Gasteiger partial charge in [0.2, 0.25) is 0 Å². The Morgan fingerprint density at radius 3 is 2.53 bits per heavy atom. The highest BCUT2D eigenvalue weighted by Crippen LogP contribution is 2.35. The van der Waals surface area contributed by atoms with Crippen molar-refractivity contribution in [2.45, 2.75) is 6.54 Å². The molecule has 5 aromatic rings. The molecule has 0 aliphatic rings. The first-order valence-electron chi connectivity index (χ1n) is 11.1. The fourth-order valence-corrected chi connectivity index (χ4v) is 4.04. The number of nitrogens with zero attached hydrogens (tertiary/aromatic N) is 3. The zero-order valence-electron chi connectivity index (χ0n) is 19.2. The van der Waals surface area contributed by atoms with Crippen LogP contribution in [0.25, 0.3) is 33.4 Å². The summed E-state index contributed by atoms with van der Waals surface area (Å²) in [5.74, 6) is 0.971. The Morgan fingerprint density at radius 2 is 1.78 bits per heavy atom. The molecule has 2 aromatic heterocycles. The molecule has 2 amide bonds. The summed E-state index contributed by atoms with van der Waals surface area (Å²) in [5, 5.41) is 13.8. The second-order valence-corrected chi connectivity index (χ2v) is 8.38. The van der Waals surface area contributed by atoms with E-state index < -0.39 is 6.03 Å². The molecule has 36 heavy (non-hydrogen) atoms. The highest BCUT2D eigenvalue weighted by molar-refractivity contribution is 6.35. The van der Waals surface area contributed by atoms with Gasteiger partial charge in [0, 0.05) is 23.1 Å². The number of ether oxygens (including phenoxy) is 1. The number of halogens is 1. The molecule has 0 atom stereocenters. The zero-order chi connectivity index (χ0) is 25.1. The van der Waals surface area contributed by atoms with Gasteiger partial charge in [-0.2, -0.15) is 5.10 Å². The molecule has 5 rings (SSSR count). The number of nitrogens with one attached hydrogen (secondary N) is 3. The predicted octanol–water partition coefficient (Wildman–Crippen LogP) is 5.25. The number of hydrogen-bond acceptors (Lipinski definition) is 6. The Morgan fingerprint density at radius 1 is 1.03 bits per heavy atom. The van der Waals surface area contributed by atoms with E-state index in [1.54, 1.807) is 19.4 Å². The van der Waals surface area contributed by atoms with Crippen molar-refractivity contribution >= 4 is 40.2 Å². The number of benzene rings is 3. The van der Waals surface area contributed by atoms with Gasteiger partial charge in [-0.05, 0) is 29.8 Å². The number of carbonyl (C=O) groups is 1. The summed E-state index contributed by atoms with van der Waals surface area (Å²) in [4.78, 5) is 22.0. The minimum Gasteiger partial charge on any atom is -0.497 e. The summed E-state index contributed by atoms with van der Waals surface area (Å²) in [6, 6.07) is 20.2. The molecule has 0 spiro atoms. The van der Waals surface area contributed by atoms with Gasteiger partial charge in [-0.3, -0.25) is 10.4 Å². The number of amides is 2. The average Bonchev–Trinajstić information content (AvgIpc) is 3.39. The summed E-state index contributed by atoms with van der Waals surface area (Å²) in [6.45, 7) is 0.310. The number of aromatic nitrogens is 4. The first kappa shape index (κ1) is 23.1. The molecular formula is C26H22ClN7O2. The summed E-state index contributed by atoms with van der Waals surface area (Å²) in [5.41, 5.74) is 10.5. The van der Waals surface area contributed by atoms with Crippen LogP contribution in [-0.4, -0.2) is 33.3 Å². The fraction of sp³-hybridized carbons (Fsp3) is 0.0769. The second kappa shape index (κ2) is 9.93. The lowest BCUT2D eigenvalue weighted by Gasteiger charge is -2.14. The SMILES string of the molecule is COc1ccc(CNC(=O)Nc2nc(-c3cc(Cl)c4[nH]ncc4c3)c(-c3ccccc3)nc2N)cc1. The van der Waals surface area contributed by atoms with E-state index in [2.05, 4.69) is 25.8 Å². The molecule has 2 heterocycles. The van der Waals surface area contributed by atoms with Crippen LogP contribution in [0.3, 0.4) is 0 Å². The smallest absolute Gasteiger partial charge is 0.320 e. The first-order chi connectivity index (χ1) is 17.5. The monoisotopic (exact) mass is 499 g/mol. The van der Waals surface area contributed by atoms with Crippen molar-refractivity contribution in [2.75, 3.05) is 18.2 Å². The maximum atomic E-state index is 12.7. The van der Waals surface area contributed by atoms with E-state index >= 15 is 0 Å². The number of nitrogen functional groups attached to an aromatic ring is 1. The van der Waals surface area contributed by atoms with Crippen LogP contribution in [0.5, 0.6) is 5.75 Å². The van der Waals surface area contributed by atoms with Crippen LogP contribution in [0.1, 0.15) is 5.56 Å². The maximum absolute atomic E-state index is 12.7. The van der Waals surface area contributed by atoms with Crippen LogP contribution in [0.2, 0.25) is 5.02 Å². The van der Waals surface area contributed by atoms with Crippen LogP contribution in [0.15, 0.2) is 72.9 Å². The second-order valence-electron chi connectivity index (χ2n) is 7.97. The van der Waals surface area contributed by atoms with E-state index in [4.69, 9.17) is 27.1 Å². The van der Waals surface area contributed by atoms with E-state index in [-0.39, 0.29) is 11.6 Å². The van der Waals surface area contributed by atoms with Crippen LogP contribution in [-0.2, 0) is 6.54 Å². The van der Waals surface area contributed by atoms with Gasteiger partial charge in [-0.1, -0.05) is 54.1 Å². The predicted molar refractivity (Wildman–Crippen MR) is 141 cm³/mol. The Bertz CT molecular complexity index is 1540. The molecule has 180 valence electrons. The number of nitrogens with two attached hydrogens (primary N) is 1. The van der Waals surface area contributed by atoms with E-state index in [0.717, 1.165) is 27.8 Å². The molecule has 3 aromatic carbocycles. The van der Waals surface area contributed by atoms with Gasteiger partial charge in [0.15, 0.2) is 11.6 Å². The van der Waals surface area contributed by atoms with E-state index in [9.17, 15) is 4.79 Å². The number of carbonyl (C=O) groups excluding carboxylic acids is 1. The normalized spacial score (nSPS) is 10.8. The molecule has 5 N–H and O–H groups in total. The number of rotatable bonds is 6. The van der Waals surface area contributed by atoms with Gasteiger partial charge in [0.1, 0.15) is 5.75 Å². The van der Waals surface area contributed by atoms with Crippen molar-refractivity contribution in [3.63, 3.8) is 0 Å². The fourth-order valence-electron chi connectivity index (χ4n) is 3.77. The molecule has 0 aliphatic carbocycles. The molecule has 0 fully saturated rings. The van der Waals surface area contributed by atoms with Gasteiger partial charge >= 0.3 is 6.03 Å². The van der Waals surface area contributed by atoms with Crippen molar-refractivity contribution in [3.8, 4) is 28.3 Å². The van der Waals surface area contributed by atoms with Gasteiger partial charge in [0.05, 0.1) is 35.2 Å². The third-order valence-corrected chi connectivity index (χ3v) is 5.89. The minimum atomic E-state index is -0.464. The quantitative estimate of drug-likeness (QED) is 0.252. The van der Waals surface area contributed by atoms with E-state index in [1.165, 1.54) is 0 Å². The van der Waals surface area contributed by atoms with Crippen LogP contribution < -0.4 is 21.1 Å². The molecule has 0 aliphatic heterocycles. The lowest BCUT2D eigenvalue weighted by Crippen LogP contribution is -2.29. The van der Waals surface area contributed by atoms with Crippen molar-refractivity contribution in [3.05, 3.63) is 83.5 Å². The van der Waals surface area contributed by atoms with Crippen LogP contribution in [0, 0.1) is 0 Å². The number of hydrogen-bond donors (Lipinski definition) is 4. The van der Waals surface area contributed by atoms with Crippen molar-refractivity contribution in [1.29, 1.82) is 0 Å². The first-order valence-corrected chi connectivity index (χ1v) is 11.4. The Hall–Kier alpha value is -4.63. The van der Waals surface area contributed by atoms with E-state index in [1.807, 2.05) is 60.7 Å². The maximum Gasteiger partial charge on any atom is 0.320 e. The third-order valence-electron chi connectivity index (χ3n) is 5.59. The minimum absolute atomic E-state index is 0.0905. The topological polar surface area (TPSA) is 131 Å². The lowest BCUT2D eigenvalue weighted by molar-refractivity contribution is 0.251. The molecule has 0 unspecified atom stereocenters. The molecule has 0 radical (unpaired) electrons. The molecule has 9 nitrogen and oxygen atoms in total. The van der Waals surface area contributed by atoms with E-state index in [0.29, 0.717) is 28.5 Å². The summed E-state index contributed by atoms with van der Waals surface area (Å²) in [7, 11) is 1.60. The zero-order valence-corrected chi connectivity index (χ0v) is 20.0. The lowest BCUT2D eigenvalue weighted by atomic mass is 10.0. The molecule has 0 saturated heterocycles. The number of fused-ring (bicyclic) bond motifs is 1. The number of urea groups is 1. The standard InChI is InChI=1S/C26H22ClN7O2/c1-36-19-9-7-15(8-10-19)13-29-26(35)33-25-24(28)31-22(16-5-3-2-4-6-16)23(32-25)17-11-18-14-30-34-21(18)20(27)12-17/h2-12,14H,13H2,1H3,(H2,28,31)(H,30,34)(H2,29,32,33,35). The van der Waals surface area contributed by atoms with Gasteiger partial charge in [-0.15, -0.1) is 0 Å². The molecule has 0 bridgehead atoms. The highest BCUT2D eigenvalue weighted by Gasteiger charge is 2.18.